The Hall–Kier alpha value is -2.99. The molecule has 1 aliphatic rings. The smallest absolute Gasteiger partial charge is 0.228 e. The van der Waals surface area contributed by atoms with Crippen LogP contribution >= 0.6 is 11.6 Å². The number of carbonyl (C=O) groups excluding carboxylic acids is 1. The molecule has 0 bridgehead atoms. The van der Waals surface area contributed by atoms with Gasteiger partial charge in [0.15, 0.2) is 11.5 Å². The second-order valence-electron chi connectivity index (χ2n) is 6.18. The predicted octanol–water partition coefficient (Wildman–Crippen LogP) is 3.87. The Morgan fingerprint density at radius 1 is 1.19 bits per heavy atom. The Labute approximate surface area is 161 Å². The van der Waals surface area contributed by atoms with E-state index in [1.807, 2.05) is 42.6 Å². The van der Waals surface area contributed by atoms with Crippen LogP contribution in [-0.4, -0.2) is 28.9 Å². The minimum absolute atomic E-state index is 0.141. The quantitative estimate of drug-likeness (QED) is 0.742. The zero-order valence-corrected chi connectivity index (χ0v) is 15.3. The molecule has 1 N–H and O–H groups in total. The van der Waals surface area contributed by atoms with E-state index in [1.165, 1.54) is 0 Å². The molecule has 4 rings (SSSR count). The fraction of sp³-hybridized carbons (Fsp3) is 0.200. The highest BCUT2D eigenvalue weighted by atomic mass is 35.5. The second-order valence-corrected chi connectivity index (χ2v) is 6.59. The number of rotatable bonds is 4. The summed E-state index contributed by atoms with van der Waals surface area (Å²) in [6.45, 7) is 1.14. The van der Waals surface area contributed by atoms with Gasteiger partial charge in [0.1, 0.15) is 0 Å². The van der Waals surface area contributed by atoms with Crippen LogP contribution < -0.4 is 14.8 Å². The number of nitrogens with one attached hydrogen (secondary N) is 1. The van der Waals surface area contributed by atoms with E-state index in [0.717, 1.165) is 17.7 Å². The van der Waals surface area contributed by atoms with Crippen molar-refractivity contribution in [2.24, 2.45) is 0 Å². The summed E-state index contributed by atoms with van der Waals surface area (Å²) < 4.78 is 13.0. The van der Waals surface area contributed by atoms with Crippen LogP contribution in [0.5, 0.6) is 11.5 Å². The Balaban J connectivity index is 1.48. The third kappa shape index (κ3) is 4.06. The van der Waals surface area contributed by atoms with Crippen molar-refractivity contribution in [3.05, 3.63) is 65.4 Å². The summed E-state index contributed by atoms with van der Waals surface area (Å²) in [5.74, 6) is 0.993. The molecule has 2 aromatic carbocycles. The maximum Gasteiger partial charge on any atom is 0.228 e. The standard InChI is InChI=1S/C20H18ClN3O3/c21-17-10-14(11-18-20(17)27-9-3-8-26-18)12-19(25)23-15-4-1-5-16(13-15)24-7-2-6-22-24/h1-2,4-7,10-11,13H,3,8-9,12H2,(H,23,25). The van der Waals surface area contributed by atoms with Crippen molar-refractivity contribution in [1.29, 1.82) is 0 Å². The van der Waals surface area contributed by atoms with Gasteiger partial charge in [0, 0.05) is 24.5 Å². The third-order valence-corrected chi connectivity index (χ3v) is 4.41. The normalized spacial score (nSPS) is 13.1. The third-order valence-electron chi connectivity index (χ3n) is 4.13. The summed E-state index contributed by atoms with van der Waals surface area (Å²) in [5.41, 5.74) is 2.34. The van der Waals surface area contributed by atoms with Gasteiger partial charge < -0.3 is 14.8 Å². The molecule has 0 spiro atoms. The Morgan fingerprint density at radius 3 is 2.93 bits per heavy atom. The fourth-order valence-electron chi connectivity index (χ4n) is 2.92. The number of nitrogens with zero attached hydrogens (tertiary/aromatic N) is 2. The first-order valence-corrected chi connectivity index (χ1v) is 9.05. The van der Waals surface area contributed by atoms with Crippen LogP contribution in [0, 0.1) is 0 Å². The molecule has 0 unspecified atom stereocenters. The van der Waals surface area contributed by atoms with Crippen molar-refractivity contribution in [3.63, 3.8) is 0 Å². The molecule has 1 amide bonds. The summed E-state index contributed by atoms with van der Waals surface area (Å²) in [4.78, 5) is 12.5. The van der Waals surface area contributed by atoms with Crippen LogP contribution in [0.25, 0.3) is 5.69 Å². The summed E-state index contributed by atoms with van der Waals surface area (Å²) in [6, 6.07) is 12.9. The lowest BCUT2D eigenvalue weighted by Gasteiger charge is -2.12. The van der Waals surface area contributed by atoms with E-state index in [2.05, 4.69) is 10.4 Å². The van der Waals surface area contributed by atoms with E-state index in [1.54, 1.807) is 16.9 Å². The number of fused-ring (bicyclic) bond motifs is 1. The molecule has 1 aromatic heterocycles. The van der Waals surface area contributed by atoms with Gasteiger partial charge in [-0.1, -0.05) is 17.7 Å². The Bertz CT molecular complexity index is 957. The Kier molecular flexibility index (Phi) is 4.98. The molecule has 0 atom stereocenters. The topological polar surface area (TPSA) is 65.4 Å². The predicted molar refractivity (Wildman–Crippen MR) is 103 cm³/mol. The zero-order valence-electron chi connectivity index (χ0n) is 14.5. The van der Waals surface area contributed by atoms with E-state index in [9.17, 15) is 4.79 Å². The van der Waals surface area contributed by atoms with Crippen molar-refractivity contribution >= 4 is 23.2 Å². The van der Waals surface area contributed by atoms with Crippen LogP contribution in [0.2, 0.25) is 5.02 Å². The zero-order chi connectivity index (χ0) is 18.6. The van der Waals surface area contributed by atoms with Crippen molar-refractivity contribution < 1.29 is 14.3 Å². The van der Waals surface area contributed by atoms with Crippen molar-refractivity contribution in [1.82, 2.24) is 9.78 Å². The second kappa shape index (κ2) is 7.72. The first-order chi connectivity index (χ1) is 13.2. The molecule has 0 aliphatic carbocycles. The molecule has 1 aliphatic heterocycles. The molecule has 0 radical (unpaired) electrons. The number of ether oxygens (including phenoxy) is 2. The highest BCUT2D eigenvalue weighted by Gasteiger charge is 2.17. The van der Waals surface area contributed by atoms with Gasteiger partial charge in [-0.25, -0.2) is 4.68 Å². The number of aromatic nitrogens is 2. The Morgan fingerprint density at radius 2 is 2.07 bits per heavy atom. The summed E-state index contributed by atoms with van der Waals surface area (Å²) >= 11 is 6.29. The number of hydrogen-bond acceptors (Lipinski definition) is 4. The van der Waals surface area contributed by atoms with E-state index in [4.69, 9.17) is 21.1 Å². The van der Waals surface area contributed by atoms with Crippen molar-refractivity contribution in [3.8, 4) is 17.2 Å². The van der Waals surface area contributed by atoms with Gasteiger partial charge in [-0.3, -0.25) is 4.79 Å². The van der Waals surface area contributed by atoms with E-state index < -0.39 is 0 Å². The van der Waals surface area contributed by atoms with Gasteiger partial charge in [0.2, 0.25) is 5.91 Å². The molecule has 0 fully saturated rings. The molecule has 0 saturated heterocycles. The number of halogens is 1. The molecule has 2 heterocycles. The van der Waals surface area contributed by atoms with Gasteiger partial charge in [0.05, 0.1) is 30.3 Å². The maximum absolute atomic E-state index is 12.5. The molecule has 7 heteroatoms. The number of anilines is 1. The summed E-state index contributed by atoms with van der Waals surface area (Å²) in [7, 11) is 0. The minimum atomic E-state index is -0.141. The van der Waals surface area contributed by atoms with Gasteiger partial charge in [0.25, 0.3) is 0 Å². The van der Waals surface area contributed by atoms with E-state index >= 15 is 0 Å². The molecule has 0 saturated carbocycles. The lowest BCUT2D eigenvalue weighted by atomic mass is 10.1. The molecule has 3 aromatic rings. The number of benzene rings is 2. The van der Waals surface area contributed by atoms with Gasteiger partial charge in [-0.2, -0.15) is 5.10 Å². The number of carbonyl (C=O) groups is 1. The first-order valence-electron chi connectivity index (χ1n) is 8.67. The van der Waals surface area contributed by atoms with Crippen LogP contribution in [0.3, 0.4) is 0 Å². The summed E-state index contributed by atoms with van der Waals surface area (Å²) in [5, 5.41) is 7.56. The van der Waals surface area contributed by atoms with Gasteiger partial charge in [-0.05, 0) is 42.0 Å². The van der Waals surface area contributed by atoms with Crippen molar-refractivity contribution in [2.45, 2.75) is 12.8 Å². The van der Waals surface area contributed by atoms with Crippen LogP contribution in [0.15, 0.2) is 54.9 Å². The number of hydrogen-bond donors (Lipinski definition) is 1. The fourth-order valence-corrected chi connectivity index (χ4v) is 3.21. The van der Waals surface area contributed by atoms with E-state index in [-0.39, 0.29) is 12.3 Å². The van der Waals surface area contributed by atoms with Crippen molar-refractivity contribution in [2.75, 3.05) is 18.5 Å². The van der Waals surface area contributed by atoms with Crippen LogP contribution in [-0.2, 0) is 11.2 Å². The summed E-state index contributed by atoms with van der Waals surface area (Å²) in [6.07, 6.45) is 4.54. The van der Waals surface area contributed by atoms with Crippen LogP contribution in [0.4, 0.5) is 5.69 Å². The SMILES string of the molecule is O=C(Cc1cc(Cl)c2c(c1)OCCCO2)Nc1cccc(-n2cccn2)c1. The van der Waals surface area contributed by atoms with E-state index in [0.29, 0.717) is 35.4 Å². The highest BCUT2D eigenvalue weighted by Crippen LogP contribution is 2.38. The molecule has 27 heavy (non-hydrogen) atoms. The lowest BCUT2D eigenvalue weighted by Crippen LogP contribution is -2.14. The maximum atomic E-state index is 12.5. The molecule has 138 valence electrons. The average molecular weight is 384 g/mol. The van der Waals surface area contributed by atoms with Crippen LogP contribution in [0.1, 0.15) is 12.0 Å². The van der Waals surface area contributed by atoms with Gasteiger partial charge >= 0.3 is 0 Å². The monoisotopic (exact) mass is 383 g/mol. The number of amides is 1. The average Bonchev–Trinajstić information content (AvgIpc) is 3.08. The molecular weight excluding hydrogens is 366 g/mol. The largest absolute Gasteiger partial charge is 0.489 e. The lowest BCUT2D eigenvalue weighted by molar-refractivity contribution is -0.115. The molecule has 6 nitrogen and oxygen atoms in total. The minimum Gasteiger partial charge on any atom is -0.489 e. The molecular formula is C20H18ClN3O3. The highest BCUT2D eigenvalue weighted by molar-refractivity contribution is 6.32. The first kappa shape index (κ1) is 17.4. The van der Waals surface area contributed by atoms with Gasteiger partial charge in [-0.15, -0.1) is 0 Å².